The molecule has 0 aromatic carbocycles. The monoisotopic (exact) mass is 462 g/mol. The molecule has 2 fully saturated rings. The van der Waals surface area contributed by atoms with Gasteiger partial charge in [0.2, 0.25) is 0 Å². The Morgan fingerprint density at radius 2 is 0.833 bits per heavy atom. The van der Waals surface area contributed by atoms with Crippen LogP contribution in [0.5, 0.6) is 0 Å². The van der Waals surface area contributed by atoms with E-state index in [0.29, 0.717) is 0 Å². The second kappa shape index (κ2) is 15.1. The summed E-state index contributed by atoms with van der Waals surface area (Å²) in [6.45, 7) is 11.4. The zero-order chi connectivity index (χ0) is 17.6. The second-order valence-electron chi connectivity index (χ2n) is 7.37. The molecule has 0 spiro atoms. The first kappa shape index (κ1) is 23.0. The Labute approximate surface area is 161 Å². The van der Waals surface area contributed by atoms with Crippen molar-refractivity contribution in [3.63, 3.8) is 0 Å². The number of epoxide rings is 2. The summed E-state index contributed by atoms with van der Waals surface area (Å²) in [7, 11) is 0. The van der Waals surface area contributed by atoms with Gasteiger partial charge < -0.3 is 0 Å². The number of hydrogen-bond acceptors (Lipinski definition) is 2. The molecular weight excluding hydrogens is 417 g/mol. The van der Waals surface area contributed by atoms with E-state index in [9.17, 15) is 0 Å². The van der Waals surface area contributed by atoms with Crippen LogP contribution < -0.4 is 0 Å². The average molecular weight is 460 g/mol. The Morgan fingerprint density at radius 1 is 0.583 bits per heavy atom. The van der Waals surface area contributed by atoms with Crippen LogP contribution in [0.4, 0.5) is 0 Å². The standard InChI is InChI=1S/2C10H21GeO/c2*1-3-5-7-11(8-6-4-2)10-9-12-10/h2*10H,3-9H2,1-2H3. The summed E-state index contributed by atoms with van der Waals surface area (Å²) in [5.74, 6) is 0. The Kier molecular flexibility index (Phi) is 14.5. The molecular formula is C20H42Ge2O2. The van der Waals surface area contributed by atoms with Crippen LogP contribution in [0.3, 0.4) is 0 Å². The topological polar surface area (TPSA) is 25.1 Å². The summed E-state index contributed by atoms with van der Waals surface area (Å²) in [4.78, 5) is 1.62. The van der Waals surface area contributed by atoms with E-state index in [1.54, 1.807) is 21.0 Å². The average Bonchev–Trinajstić information content (AvgIpc) is 3.48. The van der Waals surface area contributed by atoms with E-state index in [0.717, 1.165) is 23.1 Å². The van der Waals surface area contributed by atoms with Crippen LogP contribution in [0, 0.1) is 0 Å². The first-order valence-electron chi connectivity index (χ1n) is 10.7. The second-order valence-corrected chi connectivity index (χ2v) is 19.8. The number of rotatable bonds is 14. The number of unbranched alkanes of at least 4 members (excludes halogenated alkanes) is 4. The van der Waals surface area contributed by atoms with E-state index in [1.165, 1.54) is 51.4 Å². The molecule has 2 atom stereocenters. The fraction of sp³-hybridized carbons (Fsp3) is 1.00. The van der Waals surface area contributed by atoms with Crippen LogP contribution in [-0.4, -0.2) is 51.8 Å². The molecule has 2 rings (SSSR count). The Hall–Kier alpha value is 1.01. The Morgan fingerprint density at radius 3 is 1.00 bits per heavy atom. The van der Waals surface area contributed by atoms with Crippen molar-refractivity contribution >= 4 is 28.7 Å². The molecule has 0 aromatic rings. The molecule has 24 heavy (non-hydrogen) atoms. The Bertz CT molecular complexity index is 237. The first-order valence-corrected chi connectivity index (χ1v) is 19.0. The van der Waals surface area contributed by atoms with Crippen LogP contribution >= 0.6 is 0 Å². The molecule has 2 saturated heterocycles. The molecule has 0 aromatic heterocycles. The van der Waals surface area contributed by atoms with Gasteiger partial charge in [0.1, 0.15) is 0 Å². The molecule has 4 heteroatoms. The zero-order valence-corrected chi connectivity index (χ0v) is 21.1. The molecule has 0 N–H and O–H groups in total. The van der Waals surface area contributed by atoms with Gasteiger partial charge in [-0.05, 0) is 0 Å². The van der Waals surface area contributed by atoms with Crippen molar-refractivity contribution in [1.29, 1.82) is 0 Å². The molecule has 0 saturated carbocycles. The summed E-state index contributed by atoms with van der Waals surface area (Å²) in [5.41, 5.74) is 0. The van der Waals surface area contributed by atoms with Crippen LogP contribution in [0.1, 0.15) is 79.1 Å². The number of ether oxygens (including phenoxy) is 2. The van der Waals surface area contributed by atoms with Crippen molar-refractivity contribution < 1.29 is 9.47 Å². The van der Waals surface area contributed by atoms with E-state index in [-0.39, 0.29) is 0 Å². The quantitative estimate of drug-likeness (QED) is 0.234. The van der Waals surface area contributed by atoms with Crippen LogP contribution in [0.25, 0.3) is 0 Å². The van der Waals surface area contributed by atoms with E-state index < -0.39 is 28.7 Å². The van der Waals surface area contributed by atoms with E-state index in [1.807, 2.05) is 0 Å². The third kappa shape index (κ3) is 11.6. The van der Waals surface area contributed by atoms with Gasteiger partial charge in [0, 0.05) is 0 Å². The zero-order valence-electron chi connectivity index (χ0n) is 16.9. The third-order valence-corrected chi connectivity index (χ3v) is 18.6. The van der Waals surface area contributed by atoms with Crippen LogP contribution in [0.15, 0.2) is 0 Å². The van der Waals surface area contributed by atoms with Gasteiger partial charge in [0.25, 0.3) is 0 Å². The van der Waals surface area contributed by atoms with Gasteiger partial charge in [-0.2, -0.15) is 0 Å². The van der Waals surface area contributed by atoms with Gasteiger partial charge in [-0.1, -0.05) is 0 Å². The van der Waals surface area contributed by atoms with E-state index >= 15 is 0 Å². The van der Waals surface area contributed by atoms with Crippen molar-refractivity contribution in [3.05, 3.63) is 0 Å². The molecule has 2 unspecified atom stereocenters. The Balaban J connectivity index is 0.000000240. The predicted molar refractivity (Wildman–Crippen MR) is 110 cm³/mol. The fourth-order valence-corrected chi connectivity index (χ4v) is 16.0. The maximum atomic E-state index is 5.44. The molecule has 0 amide bonds. The van der Waals surface area contributed by atoms with Crippen molar-refractivity contribution in [2.24, 2.45) is 0 Å². The minimum atomic E-state index is -0.720. The van der Waals surface area contributed by atoms with E-state index in [4.69, 9.17) is 9.47 Å². The molecule has 0 aliphatic carbocycles. The molecule has 142 valence electrons. The van der Waals surface area contributed by atoms with Crippen molar-refractivity contribution in [2.75, 3.05) is 13.2 Å². The van der Waals surface area contributed by atoms with Gasteiger partial charge in [-0.3, -0.25) is 0 Å². The van der Waals surface area contributed by atoms with E-state index in [2.05, 4.69) is 27.7 Å². The SMILES string of the molecule is CCC[CH2][Ge]([CH2]CCC)[CH]1CO1.CCC[CH2][Ge]([CH2]CCC)[CH]1CO1. The minimum absolute atomic E-state index is 0.720. The fourth-order valence-electron chi connectivity index (χ4n) is 3.08. The molecule has 2 aliphatic rings. The van der Waals surface area contributed by atoms with Crippen LogP contribution in [0.2, 0.25) is 21.0 Å². The van der Waals surface area contributed by atoms with Crippen molar-refractivity contribution in [1.82, 2.24) is 0 Å². The summed E-state index contributed by atoms with van der Waals surface area (Å²) in [5, 5.41) is 6.23. The number of hydrogen-bond donors (Lipinski definition) is 0. The van der Waals surface area contributed by atoms with Gasteiger partial charge in [-0.15, -0.1) is 0 Å². The molecule has 2 nitrogen and oxygen atoms in total. The van der Waals surface area contributed by atoms with Crippen LogP contribution in [-0.2, 0) is 9.47 Å². The summed E-state index contributed by atoms with van der Waals surface area (Å²) in [6, 6.07) is 0. The maximum absolute atomic E-state index is 5.44. The van der Waals surface area contributed by atoms with Crippen molar-refractivity contribution in [2.45, 2.75) is 110 Å². The third-order valence-electron chi connectivity index (χ3n) is 4.98. The normalized spacial score (nSPS) is 21.8. The van der Waals surface area contributed by atoms with Gasteiger partial charge in [-0.25, -0.2) is 0 Å². The summed E-state index contributed by atoms with van der Waals surface area (Å²) in [6.07, 6.45) is 11.3. The van der Waals surface area contributed by atoms with Gasteiger partial charge in [0.05, 0.1) is 0 Å². The van der Waals surface area contributed by atoms with Crippen molar-refractivity contribution in [3.8, 4) is 0 Å². The molecule has 2 heterocycles. The molecule has 2 aliphatic heterocycles. The predicted octanol–water partition coefficient (Wildman–Crippen LogP) is 6.04. The summed E-state index contributed by atoms with van der Waals surface area (Å²) >= 11 is -1.44. The molecule has 2 radical (unpaired) electrons. The first-order chi connectivity index (χ1) is 11.8. The van der Waals surface area contributed by atoms with Gasteiger partial charge >= 0.3 is 161 Å². The molecule has 0 bridgehead atoms. The summed E-state index contributed by atoms with van der Waals surface area (Å²) < 4.78 is 10.9. The van der Waals surface area contributed by atoms with Gasteiger partial charge in [0.15, 0.2) is 0 Å².